The smallest absolute Gasteiger partial charge is 0.142 e. The summed E-state index contributed by atoms with van der Waals surface area (Å²) in [5.41, 5.74) is 2.10. The predicted molar refractivity (Wildman–Crippen MR) is 91.7 cm³/mol. The highest BCUT2D eigenvalue weighted by atomic mass is 32.2. The zero-order valence-corrected chi connectivity index (χ0v) is 13.9. The van der Waals surface area contributed by atoms with Crippen molar-refractivity contribution in [3.05, 3.63) is 35.5 Å². The molecule has 1 fully saturated rings. The van der Waals surface area contributed by atoms with E-state index < -0.39 is 0 Å². The van der Waals surface area contributed by atoms with Crippen LogP contribution in [0, 0.1) is 0 Å². The van der Waals surface area contributed by atoms with Gasteiger partial charge in [-0.1, -0.05) is 6.07 Å². The fourth-order valence-corrected chi connectivity index (χ4v) is 4.29. The van der Waals surface area contributed by atoms with E-state index in [1.54, 1.807) is 11.3 Å². The molecule has 0 atom stereocenters. The number of thioether (sulfide) groups is 1. The van der Waals surface area contributed by atoms with Crippen molar-refractivity contribution in [3.63, 3.8) is 0 Å². The second-order valence-corrected chi connectivity index (χ2v) is 7.45. The van der Waals surface area contributed by atoms with Crippen LogP contribution >= 0.6 is 23.1 Å². The summed E-state index contributed by atoms with van der Waals surface area (Å²) in [6, 6.07) is 6.61. The Balaban J connectivity index is 1.52. The Hall–Kier alpha value is -0.910. The van der Waals surface area contributed by atoms with Crippen molar-refractivity contribution in [1.82, 2.24) is 15.3 Å². The number of nitrogens with one attached hydrogen (secondary N) is 1. The van der Waals surface area contributed by atoms with Crippen molar-refractivity contribution in [2.45, 2.75) is 43.5 Å². The molecule has 1 N–H and O–H groups in total. The fourth-order valence-electron chi connectivity index (χ4n) is 2.75. The second kappa shape index (κ2) is 7.38. The summed E-state index contributed by atoms with van der Waals surface area (Å²) in [5, 5.41) is 7.69. The van der Waals surface area contributed by atoms with Crippen LogP contribution in [0.4, 0.5) is 0 Å². The minimum atomic E-state index is 0.661. The largest absolute Gasteiger partial charge is 0.308 e. The first-order chi connectivity index (χ1) is 10.3. The lowest BCUT2D eigenvalue weighted by atomic mass is 9.95. The van der Waals surface area contributed by atoms with E-state index in [0.717, 1.165) is 28.2 Å². The Morgan fingerprint density at radius 3 is 2.86 bits per heavy atom. The molecule has 112 valence electrons. The third-order valence-corrected chi connectivity index (χ3v) is 6.07. The van der Waals surface area contributed by atoms with Gasteiger partial charge in [0.2, 0.25) is 0 Å². The molecule has 21 heavy (non-hydrogen) atoms. The third-order valence-electron chi connectivity index (χ3n) is 4.02. The number of thiazole rings is 1. The van der Waals surface area contributed by atoms with Crippen LogP contribution < -0.4 is 5.32 Å². The van der Waals surface area contributed by atoms with Gasteiger partial charge in [-0.05, 0) is 44.1 Å². The molecule has 5 heteroatoms. The first-order valence-electron chi connectivity index (χ1n) is 7.47. The normalized spacial score (nSPS) is 22.3. The fraction of sp³-hybridized carbons (Fsp3) is 0.500. The van der Waals surface area contributed by atoms with Crippen molar-refractivity contribution >= 4 is 23.1 Å². The maximum atomic E-state index is 4.69. The van der Waals surface area contributed by atoms with E-state index in [4.69, 9.17) is 0 Å². The lowest BCUT2D eigenvalue weighted by molar-refractivity contribution is 0.377. The van der Waals surface area contributed by atoms with Gasteiger partial charge in [-0.15, -0.1) is 11.3 Å². The van der Waals surface area contributed by atoms with E-state index >= 15 is 0 Å². The molecule has 0 aliphatic heterocycles. The van der Waals surface area contributed by atoms with Gasteiger partial charge in [0.25, 0.3) is 0 Å². The third kappa shape index (κ3) is 4.05. The molecule has 1 saturated carbocycles. The highest BCUT2D eigenvalue weighted by Gasteiger charge is 2.20. The summed E-state index contributed by atoms with van der Waals surface area (Å²) in [6.45, 7) is 0.873. The summed E-state index contributed by atoms with van der Waals surface area (Å²) >= 11 is 3.69. The molecule has 0 unspecified atom stereocenters. The average Bonchev–Trinajstić information content (AvgIpc) is 3.03. The van der Waals surface area contributed by atoms with Crippen molar-refractivity contribution in [1.29, 1.82) is 0 Å². The second-order valence-electron chi connectivity index (χ2n) is 5.45. The number of hydrogen-bond donors (Lipinski definition) is 1. The highest BCUT2D eigenvalue weighted by molar-refractivity contribution is 7.99. The zero-order chi connectivity index (χ0) is 14.5. The summed E-state index contributed by atoms with van der Waals surface area (Å²) in [6.07, 6.45) is 9.32. The molecule has 2 aromatic rings. The first kappa shape index (κ1) is 15.0. The number of pyridine rings is 1. The Morgan fingerprint density at radius 2 is 2.14 bits per heavy atom. The van der Waals surface area contributed by atoms with Crippen LogP contribution in [-0.4, -0.2) is 27.5 Å². The molecule has 3 nitrogen and oxygen atoms in total. The molecule has 0 saturated heterocycles. The molecule has 0 bridgehead atoms. The SMILES string of the molecule is CSC1CCC(NCc2csc(-c3ccccn3)n2)CC1. The number of nitrogens with zero attached hydrogens (tertiary/aromatic N) is 2. The number of aromatic nitrogens is 2. The lowest BCUT2D eigenvalue weighted by Crippen LogP contribution is -2.33. The quantitative estimate of drug-likeness (QED) is 0.905. The van der Waals surface area contributed by atoms with Gasteiger partial charge in [-0.25, -0.2) is 4.98 Å². The summed E-state index contributed by atoms with van der Waals surface area (Å²) < 4.78 is 0. The van der Waals surface area contributed by atoms with E-state index in [-0.39, 0.29) is 0 Å². The van der Waals surface area contributed by atoms with E-state index in [1.807, 2.05) is 36.2 Å². The van der Waals surface area contributed by atoms with E-state index in [0.29, 0.717) is 6.04 Å². The van der Waals surface area contributed by atoms with E-state index in [9.17, 15) is 0 Å². The Kier molecular flexibility index (Phi) is 5.27. The highest BCUT2D eigenvalue weighted by Crippen LogP contribution is 2.27. The standard InChI is InChI=1S/C16H21N3S2/c1-20-14-7-5-12(6-8-14)18-10-13-11-21-16(19-13)15-4-2-3-9-17-15/h2-4,9,11-12,14,18H,5-8,10H2,1H3. The van der Waals surface area contributed by atoms with Gasteiger partial charge < -0.3 is 5.32 Å². The topological polar surface area (TPSA) is 37.8 Å². The van der Waals surface area contributed by atoms with Crippen LogP contribution in [0.2, 0.25) is 0 Å². The molecule has 0 amide bonds. The van der Waals surface area contributed by atoms with Crippen LogP contribution in [0.1, 0.15) is 31.4 Å². The van der Waals surface area contributed by atoms with Gasteiger partial charge in [-0.2, -0.15) is 11.8 Å². The maximum absolute atomic E-state index is 4.69. The van der Waals surface area contributed by atoms with Crippen molar-refractivity contribution in [2.24, 2.45) is 0 Å². The van der Waals surface area contributed by atoms with Gasteiger partial charge >= 0.3 is 0 Å². The van der Waals surface area contributed by atoms with E-state index in [1.165, 1.54) is 25.7 Å². The van der Waals surface area contributed by atoms with Crippen LogP contribution in [0.25, 0.3) is 10.7 Å². The monoisotopic (exact) mass is 319 g/mol. The summed E-state index contributed by atoms with van der Waals surface area (Å²) in [7, 11) is 0. The molecular formula is C16H21N3S2. The number of hydrogen-bond acceptors (Lipinski definition) is 5. The molecule has 3 rings (SSSR count). The molecule has 1 aliphatic rings. The van der Waals surface area contributed by atoms with Crippen LogP contribution in [0.15, 0.2) is 29.8 Å². The molecule has 2 aromatic heterocycles. The molecule has 0 spiro atoms. The van der Waals surface area contributed by atoms with Crippen molar-refractivity contribution < 1.29 is 0 Å². The van der Waals surface area contributed by atoms with Crippen LogP contribution in [-0.2, 0) is 6.54 Å². The van der Waals surface area contributed by atoms with Gasteiger partial charge in [0, 0.05) is 29.4 Å². The summed E-state index contributed by atoms with van der Waals surface area (Å²) in [4.78, 5) is 9.04. The van der Waals surface area contributed by atoms with Crippen molar-refractivity contribution in [3.8, 4) is 10.7 Å². The van der Waals surface area contributed by atoms with Crippen molar-refractivity contribution in [2.75, 3.05) is 6.26 Å². The average molecular weight is 319 g/mol. The molecular weight excluding hydrogens is 298 g/mol. The number of rotatable bonds is 5. The Morgan fingerprint density at radius 1 is 1.29 bits per heavy atom. The summed E-state index contributed by atoms with van der Waals surface area (Å²) in [5.74, 6) is 0. The minimum absolute atomic E-state index is 0.661. The first-order valence-corrected chi connectivity index (χ1v) is 9.64. The molecule has 1 aliphatic carbocycles. The zero-order valence-electron chi connectivity index (χ0n) is 12.3. The van der Waals surface area contributed by atoms with Gasteiger partial charge in [-0.3, -0.25) is 4.98 Å². The van der Waals surface area contributed by atoms with Crippen LogP contribution in [0.5, 0.6) is 0 Å². The molecule has 0 aromatic carbocycles. The lowest BCUT2D eigenvalue weighted by Gasteiger charge is -2.27. The Labute approximate surface area is 134 Å². The Bertz CT molecular complexity index is 548. The predicted octanol–water partition coefficient (Wildman–Crippen LogP) is 3.97. The minimum Gasteiger partial charge on any atom is -0.308 e. The van der Waals surface area contributed by atoms with Crippen LogP contribution in [0.3, 0.4) is 0 Å². The van der Waals surface area contributed by atoms with Gasteiger partial charge in [0.1, 0.15) is 5.01 Å². The van der Waals surface area contributed by atoms with Gasteiger partial charge in [0.05, 0.1) is 11.4 Å². The van der Waals surface area contributed by atoms with Gasteiger partial charge in [0.15, 0.2) is 0 Å². The molecule has 0 radical (unpaired) electrons. The van der Waals surface area contributed by atoms with E-state index in [2.05, 4.69) is 26.9 Å². The maximum Gasteiger partial charge on any atom is 0.142 e. The molecule has 2 heterocycles.